The van der Waals surface area contributed by atoms with Gasteiger partial charge in [0.05, 0.1) is 5.56 Å². The van der Waals surface area contributed by atoms with Crippen LogP contribution >= 0.6 is 0 Å². The summed E-state index contributed by atoms with van der Waals surface area (Å²) < 4.78 is 5.80. The molecule has 1 heterocycles. The van der Waals surface area contributed by atoms with Crippen molar-refractivity contribution in [2.75, 3.05) is 6.61 Å². The van der Waals surface area contributed by atoms with Crippen molar-refractivity contribution < 1.29 is 14.6 Å². The van der Waals surface area contributed by atoms with Crippen LogP contribution in [0.5, 0.6) is 11.5 Å². The molecular formula is C20H20O3. The van der Waals surface area contributed by atoms with Gasteiger partial charge in [-0.2, -0.15) is 0 Å². The standard InChI is InChI=1S/C20H20O3/c1-14-7-10-17-19(22)11-16(18(12-21)20(17)23-13-14)9-8-15-5-3-2-4-6-15/h2-7,11-12,22H,8-10,13H2,1H3. The monoisotopic (exact) mass is 308 g/mol. The van der Waals surface area contributed by atoms with Gasteiger partial charge in [0.25, 0.3) is 0 Å². The van der Waals surface area contributed by atoms with Gasteiger partial charge < -0.3 is 9.84 Å². The van der Waals surface area contributed by atoms with Crippen molar-refractivity contribution in [3.63, 3.8) is 0 Å². The van der Waals surface area contributed by atoms with Crippen molar-refractivity contribution in [2.24, 2.45) is 0 Å². The summed E-state index contributed by atoms with van der Waals surface area (Å²) in [5.41, 5.74) is 4.41. The Balaban J connectivity index is 1.93. The van der Waals surface area contributed by atoms with Crippen molar-refractivity contribution >= 4 is 6.29 Å². The Bertz CT molecular complexity index is 745. The second-order valence-electron chi connectivity index (χ2n) is 5.92. The average Bonchev–Trinajstić information content (AvgIpc) is 2.77. The van der Waals surface area contributed by atoms with E-state index in [2.05, 4.69) is 12.1 Å². The van der Waals surface area contributed by atoms with Crippen LogP contribution < -0.4 is 4.74 Å². The lowest BCUT2D eigenvalue weighted by molar-refractivity contribution is 0.111. The molecule has 0 spiro atoms. The Labute approximate surface area is 136 Å². The smallest absolute Gasteiger partial charge is 0.154 e. The SMILES string of the molecule is CC1=CCc2c(O)cc(CCc3ccccc3)c(C=O)c2OC1. The van der Waals surface area contributed by atoms with Crippen LogP contribution in [0.4, 0.5) is 0 Å². The molecule has 1 N–H and O–H groups in total. The number of phenolic OH excluding ortho intramolecular Hbond substituents is 1. The molecule has 3 rings (SSSR count). The summed E-state index contributed by atoms with van der Waals surface area (Å²) >= 11 is 0. The highest BCUT2D eigenvalue weighted by molar-refractivity contribution is 5.84. The first-order chi connectivity index (χ1) is 11.2. The molecule has 2 aromatic carbocycles. The van der Waals surface area contributed by atoms with E-state index in [4.69, 9.17) is 4.74 Å². The van der Waals surface area contributed by atoms with Crippen molar-refractivity contribution in [1.82, 2.24) is 0 Å². The van der Waals surface area contributed by atoms with Crippen LogP contribution in [-0.4, -0.2) is 18.0 Å². The zero-order valence-corrected chi connectivity index (χ0v) is 13.2. The van der Waals surface area contributed by atoms with Crippen LogP contribution in [0.25, 0.3) is 0 Å². The normalized spacial score (nSPS) is 13.5. The zero-order valence-electron chi connectivity index (χ0n) is 13.2. The summed E-state index contributed by atoms with van der Waals surface area (Å²) in [7, 11) is 0. The van der Waals surface area contributed by atoms with Crippen LogP contribution in [0.3, 0.4) is 0 Å². The molecule has 0 saturated carbocycles. The molecule has 1 aliphatic heterocycles. The third kappa shape index (κ3) is 3.29. The maximum atomic E-state index is 11.6. The predicted octanol–water partition coefficient (Wildman–Crippen LogP) is 3.87. The first-order valence-electron chi connectivity index (χ1n) is 7.84. The van der Waals surface area contributed by atoms with Crippen LogP contribution in [0.1, 0.15) is 34.0 Å². The number of phenols is 1. The molecule has 23 heavy (non-hydrogen) atoms. The Hall–Kier alpha value is -2.55. The van der Waals surface area contributed by atoms with Gasteiger partial charge in [0.1, 0.15) is 18.1 Å². The second kappa shape index (κ2) is 6.69. The molecule has 2 aromatic rings. The lowest BCUT2D eigenvalue weighted by atomic mass is 9.95. The number of hydrogen-bond acceptors (Lipinski definition) is 3. The first-order valence-corrected chi connectivity index (χ1v) is 7.84. The number of ether oxygens (including phenoxy) is 1. The molecule has 0 unspecified atom stereocenters. The number of carbonyl (C=O) groups is 1. The lowest BCUT2D eigenvalue weighted by Crippen LogP contribution is -2.05. The Morgan fingerprint density at radius 3 is 2.74 bits per heavy atom. The van der Waals surface area contributed by atoms with E-state index in [0.29, 0.717) is 36.3 Å². The van der Waals surface area contributed by atoms with Crippen molar-refractivity contribution in [2.45, 2.75) is 26.2 Å². The van der Waals surface area contributed by atoms with Crippen LogP contribution in [-0.2, 0) is 19.3 Å². The minimum Gasteiger partial charge on any atom is -0.508 e. The Morgan fingerprint density at radius 2 is 2.00 bits per heavy atom. The number of benzene rings is 2. The maximum absolute atomic E-state index is 11.6. The molecule has 0 bridgehead atoms. The van der Waals surface area contributed by atoms with E-state index in [1.165, 1.54) is 5.56 Å². The number of aryl methyl sites for hydroxylation is 2. The molecule has 3 heteroatoms. The third-order valence-corrected chi connectivity index (χ3v) is 4.23. The molecule has 3 nitrogen and oxygen atoms in total. The topological polar surface area (TPSA) is 46.5 Å². The number of aldehydes is 1. The highest BCUT2D eigenvalue weighted by Gasteiger charge is 2.20. The van der Waals surface area contributed by atoms with Gasteiger partial charge >= 0.3 is 0 Å². The predicted molar refractivity (Wildman–Crippen MR) is 90.3 cm³/mol. The number of allylic oxidation sites excluding steroid dienone is 1. The van der Waals surface area contributed by atoms with E-state index < -0.39 is 0 Å². The van der Waals surface area contributed by atoms with E-state index in [0.717, 1.165) is 23.8 Å². The Morgan fingerprint density at radius 1 is 1.22 bits per heavy atom. The first kappa shape index (κ1) is 15.3. The summed E-state index contributed by atoms with van der Waals surface area (Å²) in [5.74, 6) is 0.746. The number of carbonyl (C=O) groups excluding carboxylic acids is 1. The summed E-state index contributed by atoms with van der Waals surface area (Å²) in [6, 6.07) is 11.8. The van der Waals surface area contributed by atoms with Crippen LogP contribution in [0, 0.1) is 0 Å². The quantitative estimate of drug-likeness (QED) is 0.689. The second-order valence-corrected chi connectivity index (χ2v) is 5.92. The molecule has 0 aliphatic carbocycles. The fourth-order valence-corrected chi connectivity index (χ4v) is 2.90. The number of rotatable bonds is 4. The van der Waals surface area contributed by atoms with E-state index >= 15 is 0 Å². The molecule has 1 aliphatic rings. The van der Waals surface area contributed by atoms with Gasteiger partial charge in [-0.05, 0) is 49.0 Å². The van der Waals surface area contributed by atoms with Crippen LogP contribution in [0.2, 0.25) is 0 Å². The van der Waals surface area contributed by atoms with Gasteiger partial charge in [-0.15, -0.1) is 0 Å². The molecular weight excluding hydrogens is 288 g/mol. The van der Waals surface area contributed by atoms with Gasteiger partial charge in [-0.25, -0.2) is 0 Å². The summed E-state index contributed by atoms with van der Waals surface area (Å²) in [5, 5.41) is 10.3. The fourth-order valence-electron chi connectivity index (χ4n) is 2.90. The van der Waals surface area contributed by atoms with Crippen molar-refractivity contribution in [1.29, 1.82) is 0 Å². The van der Waals surface area contributed by atoms with Gasteiger partial charge in [0, 0.05) is 5.56 Å². The van der Waals surface area contributed by atoms with E-state index in [1.54, 1.807) is 6.07 Å². The molecule has 0 atom stereocenters. The van der Waals surface area contributed by atoms with Gasteiger partial charge in [0.15, 0.2) is 6.29 Å². The van der Waals surface area contributed by atoms with Gasteiger partial charge in [0.2, 0.25) is 0 Å². The van der Waals surface area contributed by atoms with E-state index in [1.807, 2.05) is 31.2 Å². The highest BCUT2D eigenvalue weighted by Crippen LogP contribution is 2.36. The fraction of sp³-hybridized carbons (Fsp3) is 0.250. The molecule has 0 fully saturated rings. The zero-order chi connectivity index (χ0) is 16.2. The average molecular weight is 308 g/mol. The largest absolute Gasteiger partial charge is 0.508 e. The van der Waals surface area contributed by atoms with E-state index in [9.17, 15) is 9.90 Å². The maximum Gasteiger partial charge on any atom is 0.154 e. The molecule has 0 amide bonds. The van der Waals surface area contributed by atoms with Gasteiger partial charge in [-0.3, -0.25) is 4.79 Å². The molecule has 0 aromatic heterocycles. The molecule has 0 radical (unpaired) electrons. The third-order valence-electron chi connectivity index (χ3n) is 4.23. The molecule has 118 valence electrons. The lowest BCUT2D eigenvalue weighted by Gasteiger charge is -2.16. The number of hydrogen-bond donors (Lipinski definition) is 1. The van der Waals surface area contributed by atoms with E-state index in [-0.39, 0.29) is 5.75 Å². The summed E-state index contributed by atoms with van der Waals surface area (Å²) in [4.78, 5) is 11.6. The number of fused-ring (bicyclic) bond motifs is 1. The van der Waals surface area contributed by atoms with Crippen LogP contribution in [0.15, 0.2) is 48.0 Å². The minimum absolute atomic E-state index is 0.208. The number of aromatic hydroxyl groups is 1. The summed E-state index contributed by atoms with van der Waals surface area (Å²) in [6.45, 7) is 2.44. The minimum atomic E-state index is 0.208. The van der Waals surface area contributed by atoms with Crippen molar-refractivity contribution in [3.8, 4) is 11.5 Å². The molecule has 0 saturated heterocycles. The Kier molecular flexibility index (Phi) is 4.47. The van der Waals surface area contributed by atoms with Gasteiger partial charge in [-0.1, -0.05) is 36.4 Å². The highest BCUT2D eigenvalue weighted by atomic mass is 16.5. The van der Waals surface area contributed by atoms with Crippen molar-refractivity contribution in [3.05, 3.63) is 70.3 Å². The summed E-state index contributed by atoms with van der Waals surface area (Å²) in [6.07, 6.45) is 4.97.